The second-order valence-corrected chi connectivity index (χ2v) is 5.72. The van der Waals surface area contributed by atoms with Crippen molar-refractivity contribution < 1.29 is 0 Å². The molecule has 0 N–H and O–H groups in total. The highest BCUT2D eigenvalue weighted by molar-refractivity contribution is 9.10. The maximum Gasteiger partial charge on any atom is 0.0939 e. The molecule has 0 aliphatic carbocycles. The summed E-state index contributed by atoms with van der Waals surface area (Å²) in [6.45, 7) is 0. The summed E-state index contributed by atoms with van der Waals surface area (Å²) in [5.41, 5.74) is 1.06. The number of hydrogen-bond donors (Lipinski definition) is 0. The Bertz CT molecular complexity index is 450. The molecule has 0 saturated heterocycles. The predicted octanol–water partition coefficient (Wildman–Crippen LogP) is 5.49. The van der Waals surface area contributed by atoms with E-state index < -0.39 is 0 Å². The van der Waals surface area contributed by atoms with Crippen molar-refractivity contribution in [2.24, 2.45) is 0 Å². The highest BCUT2D eigenvalue weighted by Gasteiger charge is 2.14. The van der Waals surface area contributed by atoms with Gasteiger partial charge in [-0.1, -0.05) is 23.7 Å². The number of rotatable bonds is 2. The Balaban J connectivity index is 2.32. The van der Waals surface area contributed by atoms with Crippen LogP contribution in [0.1, 0.15) is 15.8 Å². The van der Waals surface area contributed by atoms with E-state index in [1.807, 2.05) is 35.7 Å². The average Bonchev–Trinajstić information content (AvgIpc) is 2.65. The third kappa shape index (κ3) is 2.56. The van der Waals surface area contributed by atoms with Crippen molar-refractivity contribution in [2.75, 3.05) is 0 Å². The first kappa shape index (κ1) is 11.5. The fraction of sp³-hybridized carbons (Fsp3) is 0.0909. The van der Waals surface area contributed by atoms with E-state index in [9.17, 15) is 0 Å². The molecule has 15 heavy (non-hydrogen) atoms. The first-order valence-electron chi connectivity index (χ1n) is 4.31. The van der Waals surface area contributed by atoms with Gasteiger partial charge in [0.25, 0.3) is 0 Å². The van der Waals surface area contributed by atoms with Crippen LogP contribution in [0.2, 0.25) is 5.02 Å². The zero-order valence-electron chi connectivity index (χ0n) is 7.58. The number of thiophene rings is 1. The van der Waals surface area contributed by atoms with Crippen molar-refractivity contribution in [3.05, 3.63) is 55.6 Å². The molecular weight excluding hydrogens is 315 g/mol. The molecule has 0 spiro atoms. The molecule has 0 saturated carbocycles. The van der Waals surface area contributed by atoms with Gasteiger partial charge >= 0.3 is 0 Å². The number of halogens is 3. The van der Waals surface area contributed by atoms with E-state index in [0.29, 0.717) is 0 Å². The summed E-state index contributed by atoms with van der Waals surface area (Å²) in [5.74, 6) is 0. The van der Waals surface area contributed by atoms with Gasteiger partial charge in [0.15, 0.2) is 0 Å². The van der Waals surface area contributed by atoms with Gasteiger partial charge in [-0.3, -0.25) is 0 Å². The third-order valence-corrected chi connectivity index (χ3v) is 4.82. The first-order valence-corrected chi connectivity index (χ1v) is 6.79. The molecule has 1 unspecified atom stereocenters. The van der Waals surface area contributed by atoms with E-state index >= 15 is 0 Å². The van der Waals surface area contributed by atoms with Crippen LogP contribution in [0.4, 0.5) is 0 Å². The molecule has 2 rings (SSSR count). The van der Waals surface area contributed by atoms with E-state index in [-0.39, 0.29) is 5.38 Å². The third-order valence-electron chi connectivity index (χ3n) is 2.04. The average molecular weight is 322 g/mol. The lowest BCUT2D eigenvalue weighted by Crippen LogP contribution is -1.90. The van der Waals surface area contributed by atoms with Crippen molar-refractivity contribution in [1.29, 1.82) is 0 Å². The van der Waals surface area contributed by atoms with E-state index in [1.54, 1.807) is 11.3 Å². The summed E-state index contributed by atoms with van der Waals surface area (Å²) in [5, 5.41) is 2.63. The summed E-state index contributed by atoms with van der Waals surface area (Å²) < 4.78 is 1.06. The van der Waals surface area contributed by atoms with Crippen LogP contribution in [-0.2, 0) is 0 Å². The molecule has 1 heterocycles. The van der Waals surface area contributed by atoms with Gasteiger partial charge in [-0.15, -0.1) is 22.9 Å². The molecule has 1 aromatic carbocycles. The summed E-state index contributed by atoms with van der Waals surface area (Å²) in [6.07, 6.45) is 0. The van der Waals surface area contributed by atoms with E-state index in [0.717, 1.165) is 19.9 Å². The molecule has 4 heteroatoms. The van der Waals surface area contributed by atoms with Crippen molar-refractivity contribution in [3.8, 4) is 0 Å². The van der Waals surface area contributed by atoms with Crippen LogP contribution < -0.4 is 0 Å². The molecule has 0 fully saturated rings. The number of alkyl halides is 1. The standard InChI is InChI=1S/C11H7BrCl2S/c12-9-5-6-15-11(9)10(14)7-1-3-8(13)4-2-7/h1-6,10H. The van der Waals surface area contributed by atoms with E-state index in [1.165, 1.54) is 0 Å². The van der Waals surface area contributed by atoms with Gasteiger partial charge in [0.2, 0.25) is 0 Å². The fourth-order valence-electron chi connectivity index (χ4n) is 1.27. The Kier molecular flexibility index (Phi) is 3.73. The largest absolute Gasteiger partial charge is 0.146 e. The molecule has 1 aromatic heterocycles. The van der Waals surface area contributed by atoms with Gasteiger partial charge in [-0.05, 0) is 45.1 Å². The predicted molar refractivity (Wildman–Crippen MR) is 71.2 cm³/mol. The minimum atomic E-state index is -0.114. The molecule has 0 nitrogen and oxygen atoms in total. The quantitative estimate of drug-likeness (QED) is 0.641. The van der Waals surface area contributed by atoms with Gasteiger partial charge in [0, 0.05) is 14.4 Å². The topological polar surface area (TPSA) is 0 Å². The highest BCUT2D eigenvalue weighted by Crippen LogP contribution is 2.37. The molecule has 0 amide bonds. The lowest BCUT2D eigenvalue weighted by atomic mass is 10.1. The van der Waals surface area contributed by atoms with Crippen molar-refractivity contribution >= 4 is 50.5 Å². The first-order chi connectivity index (χ1) is 7.18. The minimum absolute atomic E-state index is 0.114. The molecule has 0 aliphatic heterocycles. The number of benzene rings is 1. The smallest absolute Gasteiger partial charge is 0.0939 e. The second-order valence-electron chi connectivity index (χ2n) is 3.05. The molecule has 0 bridgehead atoms. The van der Waals surface area contributed by atoms with E-state index in [4.69, 9.17) is 23.2 Å². The normalized spacial score (nSPS) is 12.7. The minimum Gasteiger partial charge on any atom is -0.146 e. The van der Waals surface area contributed by atoms with Crippen LogP contribution in [0.5, 0.6) is 0 Å². The maximum absolute atomic E-state index is 6.37. The Morgan fingerprint density at radius 2 is 1.80 bits per heavy atom. The van der Waals surface area contributed by atoms with Gasteiger partial charge in [-0.2, -0.15) is 0 Å². The Morgan fingerprint density at radius 3 is 2.33 bits per heavy atom. The zero-order valence-corrected chi connectivity index (χ0v) is 11.5. The lowest BCUT2D eigenvalue weighted by Gasteiger charge is -2.08. The Morgan fingerprint density at radius 1 is 1.13 bits per heavy atom. The maximum atomic E-state index is 6.37. The van der Waals surface area contributed by atoms with Crippen LogP contribution >= 0.6 is 50.5 Å². The SMILES string of the molecule is Clc1ccc(C(Cl)c2sccc2Br)cc1. The summed E-state index contributed by atoms with van der Waals surface area (Å²) in [4.78, 5) is 1.12. The van der Waals surface area contributed by atoms with Gasteiger partial charge in [0.05, 0.1) is 5.38 Å². The van der Waals surface area contributed by atoms with Gasteiger partial charge in [0.1, 0.15) is 0 Å². The molecule has 78 valence electrons. The van der Waals surface area contributed by atoms with Gasteiger partial charge in [-0.25, -0.2) is 0 Å². The Hall–Kier alpha value is -0.0200. The lowest BCUT2D eigenvalue weighted by molar-refractivity contribution is 1.17. The monoisotopic (exact) mass is 320 g/mol. The molecule has 0 radical (unpaired) electrons. The zero-order chi connectivity index (χ0) is 10.8. The van der Waals surface area contributed by atoms with Crippen LogP contribution in [0.3, 0.4) is 0 Å². The van der Waals surface area contributed by atoms with Crippen molar-refractivity contribution in [3.63, 3.8) is 0 Å². The molecule has 1 atom stereocenters. The van der Waals surface area contributed by atoms with Crippen LogP contribution in [-0.4, -0.2) is 0 Å². The summed E-state index contributed by atoms with van der Waals surface area (Å²) in [6, 6.07) is 9.62. The van der Waals surface area contributed by atoms with E-state index in [2.05, 4.69) is 15.9 Å². The molecule has 2 aromatic rings. The summed E-state index contributed by atoms with van der Waals surface area (Å²) >= 11 is 17.3. The molecule has 0 aliphatic rings. The van der Waals surface area contributed by atoms with Crippen molar-refractivity contribution in [2.45, 2.75) is 5.38 Å². The van der Waals surface area contributed by atoms with Crippen LogP contribution in [0, 0.1) is 0 Å². The van der Waals surface area contributed by atoms with Gasteiger partial charge < -0.3 is 0 Å². The summed E-state index contributed by atoms with van der Waals surface area (Å²) in [7, 11) is 0. The van der Waals surface area contributed by atoms with Crippen molar-refractivity contribution in [1.82, 2.24) is 0 Å². The fourth-order valence-corrected chi connectivity index (χ4v) is 3.55. The Labute approximate surface area is 111 Å². The molecular formula is C11H7BrCl2S. The van der Waals surface area contributed by atoms with Crippen LogP contribution in [0.25, 0.3) is 0 Å². The second kappa shape index (κ2) is 4.88. The number of hydrogen-bond acceptors (Lipinski definition) is 1. The highest BCUT2D eigenvalue weighted by atomic mass is 79.9. The van der Waals surface area contributed by atoms with Crippen LogP contribution in [0.15, 0.2) is 40.2 Å².